The SMILES string of the molecule is CC(O)(CNC(=O)Cc1ccccc1Cl)c1cc2ccccc2o1. The molecule has 3 aromatic rings. The van der Waals surface area contributed by atoms with Crippen LogP contribution in [-0.2, 0) is 16.8 Å². The third kappa shape index (κ3) is 3.61. The summed E-state index contributed by atoms with van der Waals surface area (Å²) in [6.07, 6.45) is 0.163. The molecule has 1 aromatic heterocycles. The van der Waals surface area contributed by atoms with E-state index in [4.69, 9.17) is 16.0 Å². The van der Waals surface area contributed by atoms with E-state index in [0.717, 1.165) is 10.9 Å². The van der Waals surface area contributed by atoms with Crippen LogP contribution in [0.4, 0.5) is 0 Å². The Morgan fingerprint density at radius 2 is 1.92 bits per heavy atom. The highest BCUT2D eigenvalue weighted by atomic mass is 35.5. The van der Waals surface area contributed by atoms with Crippen molar-refractivity contribution in [2.75, 3.05) is 6.54 Å². The van der Waals surface area contributed by atoms with E-state index in [2.05, 4.69) is 5.32 Å². The van der Waals surface area contributed by atoms with E-state index in [0.29, 0.717) is 16.4 Å². The van der Waals surface area contributed by atoms with Crippen LogP contribution in [0.15, 0.2) is 59.0 Å². The average Bonchev–Trinajstić information content (AvgIpc) is 3.00. The standard InChI is InChI=1S/C19H18ClNO3/c1-19(23,17-10-14-7-3-5-9-16(14)24-17)12-21-18(22)11-13-6-2-4-8-15(13)20/h2-10,23H,11-12H2,1H3,(H,21,22). The number of carbonyl (C=O) groups excluding carboxylic acids is 1. The summed E-state index contributed by atoms with van der Waals surface area (Å²) in [4.78, 5) is 12.1. The summed E-state index contributed by atoms with van der Waals surface area (Å²) in [7, 11) is 0. The van der Waals surface area contributed by atoms with Crippen LogP contribution < -0.4 is 5.32 Å². The molecule has 0 spiro atoms. The lowest BCUT2D eigenvalue weighted by Gasteiger charge is -2.21. The van der Waals surface area contributed by atoms with Gasteiger partial charge in [0.1, 0.15) is 16.9 Å². The molecule has 2 N–H and O–H groups in total. The maximum Gasteiger partial charge on any atom is 0.224 e. The number of furan rings is 1. The average molecular weight is 344 g/mol. The highest BCUT2D eigenvalue weighted by molar-refractivity contribution is 6.31. The summed E-state index contributed by atoms with van der Waals surface area (Å²) in [5.41, 5.74) is 0.157. The van der Waals surface area contributed by atoms with Crippen LogP contribution in [-0.4, -0.2) is 17.6 Å². The summed E-state index contributed by atoms with van der Waals surface area (Å²) in [5, 5.41) is 14.8. The number of aliphatic hydroxyl groups is 1. The van der Waals surface area contributed by atoms with Gasteiger partial charge in [0.25, 0.3) is 0 Å². The van der Waals surface area contributed by atoms with Gasteiger partial charge in [-0.3, -0.25) is 4.79 Å². The minimum Gasteiger partial charge on any atom is -0.458 e. The van der Waals surface area contributed by atoms with E-state index in [1.807, 2.05) is 36.4 Å². The molecule has 0 fully saturated rings. The van der Waals surface area contributed by atoms with Crippen LogP contribution in [0.3, 0.4) is 0 Å². The zero-order chi connectivity index (χ0) is 17.2. The van der Waals surface area contributed by atoms with Gasteiger partial charge >= 0.3 is 0 Å². The number of fused-ring (bicyclic) bond motifs is 1. The fraction of sp³-hybridized carbons (Fsp3) is 0.211. The van der Waals surface area contributed by atoms with Gasteiger partial charge < -0.3 is 14.8 Å². The van der Waals surface area contributed by atoms with Crippen LogP contribution in [0.2, 0.25) is 5.02 Å². The molecule has 0 aliphatic heterocycles. The van der Waals surface area contributed by atoms with Gasteiger partial charge in [-0.25, -0.2) is 0 Å². The van der Waals surface area contributed by atoms with Crippen molar-refractivity contribution in [2.24, 2.45) is 0 Å². The second-order valence-electron chi connectivity index (χ2n) is 5.97. The van der Waals surface area contributed by atoms with Crippen molar-refractivity contribution in [3.63, 3.8) is 0 Å². The number of hydrogen-bond donors (Lipinski definition) is 2. The lowest BCUT2D eigenvalue weighted by Crippen LogP contribution is -2.39. The van der Waals surface area contributed by atoms with Crippen LogP contribution in [0.1, 0.15) is 18.2 Å². The number of benzene rings is 2. The van der Waals surface area contributed by atoms with Crippen molar-refractivity contribution in [1.29, 1.82) is 0 Å². The second-order valence-corrected chi connectivity index (χ2v) is 6.37. The molecule has 3 rings (SSSR count). The van der Waals surface area contributed by atoms with Crippen LogP contribution >= 0.6 is 11.6 Å². The van der Waals surface area contributed by atoms with Crippen molar-refractivity contribution in [3.8, 4) is 0 Å². The first-order valence-electron chi connectivity index (χ1n) is 7.67. The molecule has 2 aromatic carbocycles. The topological polar surface area (TPSA) is 62.5 Å². The molecule has 5 heteroatoms. The third-order valence-electron chi connectivity index (χ3n) is 3.89. The van der Waals surface area contributed by atoms with E-state index in [1.54, 1.807) is 25.1 Å². The smallest absolute Gasteiger partial charge is 0.224 e. The molecular formula is C19H18ClNO3. The Kier molecular flexibility index (Phi) is 4.60. The molecule has 0 saturated carbocycles. The fourth-order valence-corrected chi connectivity index (χ4v) is 2.68. The zero-order valence-electron chi connectivity index (χ0n) is 13.3. The number of para-hydroxylation sites is 1. The van der Waals surface area contributed by atoms with Crippen molar-refractivity contribution in [3.05, 3.63) is 70.9 Å². The molecule has 0 aliphatic carbocycles. The predicted octanol–water partition coefficient (Wildman–Crippen LogP) is 3.65. The number of hydrogen-bond acceptors (Lipinski definition) is 3. The minimum absolute atomic E-state index is 0.0517. The van der Waals surface area contributed by atoms with Gasteiger partial charge in [-0.1, -0.05) is 48.0 Å². The Hall–Kier alpha value is -2.30. The third-order valence-corrected chi connectivity index (χ3v) is 4.26. The highest BCUT2D eigenvalue weighted by Crippen LogP contribution is 2.27. The van der Waals surface area contributed by atoms with Crippen molar-refractivity contribution < 1.29 is 14.3 Å². The molecular weight excluding hydrogens is 326 g/mol. The normalized spacial score (nSPS) is 13.6. The van der Waals surface area contributed by atoms with Gasteiger partial charge in [-0.2, -0.15) is 0 Å². The summed E-state index contributed by atoms with van der Waals surface area (Å²) in [5.74, 6) is 0.209. The molecule has 0 bridgehead atoms. The maximum atomic E-state index is 12.1. The molecule has 24 heavy (non-hydrogen) atoms. The molecule has 0 radical (unpaired) electrons. The molecule has 1 unspecified atom stereocenters. The molecule has 124 valence electrons. The Bertz CT molecular complexity index is 837. The van der Waals surface area contributed by atoms with E-state index < -0.39 is 5.60 Å². The van der Waals surface area contributed by atoms with Gasteiger partial charge in [0.15, 0.2) is 0 Å². The van der Waals surface area contributed by atoms with Crippen molar-refractivity contribution >= 4 is 28.5 Å². The lowest BCUT2D eigenvalue weighted by molar-refractivity contribution is -0.121. The van der Waals surface area contributed by atoms with Gasteiger partial charge in [-0.15, -0.1) is 0 Å². The first-order chi connectivity index (χ1) is 11.5. The summed E-state index contributed by atoms with van der Waals surface area (Å²) in [6.45, 7) is 1.66. The van der Waals surface area contributed by atoms with Gasteiger partial charge in [0.05, 0.1) is 13.0 Å². The lowest BCUT2D eigenvalue weighted by atomic mass is 10.0. The number of nitrogens with one attached hydrogen (secondary N) is 1. The van der Waals surface area contributed by atoms with Crippen molar-refractivity contribution in [1.82, 2.24) is 5.32 Å². The summed E-state index contributed by atoms with van der Waals surface area (Å²) in [6, 6.07) is 16.5. The van der Waals surface area contributed by atoms with Gasteiger partial charge in [-0.05, 0) is 30.7 Å². The number of rotatable bonds is 5. The Morgan fingerprint density at radius 1 is 1.21 bits per heavy atom. The summed E-state index contributed by atoms with van der Waals surface area (Å²) >= 11 is 6.06. The first kappa shape index (κ1) is 16.6. The molecule has 1 amide bonds. The predicted molar refractivity (Wildman–Crippen MR) is 94.0 cm³/mol. The molecule has 1 atom stereocenters. The Balaban J connectivity index is 1.66. The number of halogens is 1. The molecule has 0 aliphatic rings. The number of carbonyl (C=O) groups is 1. The molecule has 4 nitrogen and oxygen atoms in total. The van der Waals surface area contributed by atoms with Crippen LogP contribution in [0.25, 0.3) is 11.0 Å². The molecule has 1 heterocycles. The highest BCUT2D eigenvalue weighted by Gasteiger charge is 2.28. The quantitative estimate of drug-likeness (QED) is 0.743. The van der Waals surface area contributed by atoms with Crippen LogP contribution in [0.5, 0.6) is 0 Å². The van der Waals surface area contributed by atoms with Gasteiger partial charge in [0.2, 0.25) is 5.91 Å². The zero-order valence-corrected chi connectivity index (χ0v) is 14.0. The largest absolute Gasteiger partial charge is 0.458 e. The Morgan fingerprint density at radius 3 is 2.67 bits per heavy atom. The fourth-order valence-electron chi connectivity index (χ4n) is 2.48. The molecule has 0 saturated heterocycles. The van der Waals surface area contributed by atoms with E-state index in [9.17, 15) is 9.90 Å². The maximum absolute atomic E-state index is 12.1. The minimum atomic E-state index is -1.30. The van der Waals surface area contributed by atoms with Crippen LogP contribution in [0, 0.1) is 0 Å². The van der Waals surface area contributed by atoms with Crippen molar-refractivity contribution in [2.45, 2.75) is 18.9 Å². The van der Waals surface area contributed by atoms with E-state index in [-0.39, 0.29) is 18.9 Å². The number of amides is 1. The monoisotopic (exact) mass is 343 g/mol. The second kappa shape index (κ2) is 6.67. The van der Waals surface area contributed by atoms with Gasteiger partial charge in [0, 0.05) is 10.4 Å². The summed E-state index contributed by atoms with van der Waals surface area (Å²) < 4.78 is 5.68. The van der Waals surface area contributed by atoms with E-state index in [1.165, 1.54) is 0 Å². The van der Waals surface area contributed by atoms with E-state index >= 15 is 0 Å². The Labute approximate surface area is 145 Å². The first-order valence-corrected chi connectivity index (χ1v) is 8.05.